The first-order valence-electron chi connectivity index (χ1n) is 6.52. The second-order valence-corrected chi connectivity index (χ2v) is 5.35. The van der Waals surface area contributed by atoms with Crippen LogP contribution in [-0.4, -0.2) is 4.98 Å². The third-order valence-electron chi connectivity index (χ3n) is 3.43. The van der Waals surface area contributed by atoms with E-state index in [1.54, 1.807) is 0 Å². The van der Waals surface area contributed by atoms with Crippen molar-refractivity contribution in [3.63, 3.8) is 0 Å². The molecule has 0 radical (unpaired) electrons. The van der Waals surface area contributed by atoms with Gasteiger partial charge in [0.15, 0.2) is 0 Å². The molecular formula is C17H15ClN2. The molecule has 0 saturated carbocycles. The van der Waals surface area contributed by atoms with Gasteiger partial charge in [-0.05, 0) is 49.2 Å². The topological polar surface area (TPSA) is 24.9 Å². The van der Waals surface area contributed by atoms with Crippen molar-refractivity contribution in [2.45, 2.75) is 13.8 Å². The molecule has 0 spiro atoms. The SMILES string of the molecule is Cc1cc(Cl)ccc1Nc1ccnc2c(C)cccc12. The van der Waals surface area contributed by atoms with Crippen molar-refractivity contribution < 1.29 is 0 Å². The number of halogens is 1. The highest BCUT2D eigenvalue weighted by atomic mass is 35.5. The third-order valence-corrected chi connectivity index (χ3v) is 3.67. The number of hydrogen-bond donors (Lipinski definition) is 1. The predicted molar refractivity (Wildman–Crippen MR) is 86.0 cm³/mol. The number of nitrogens with one attached hydrogen (secondary N) is 1. The van der Waals surface area contributed by atoms with E-state index in [-0.39, 0.29) is 0 Å². The van der Waals surface area contributed by atoms with Gasteiger partial charge in [-0.25, -0.2) is 0 Å². The van der Waals surface area contributed by atoms with Crippen molar-refractivity contribution >= 4 is 33.9 Å². The van der Waals surface area contributed by atoms with Crippen molar-refractivity contribution in [3.8, 4) is 0 Å². The number of aromatic nitrogens is 1. The number of benzene rings is 2. The first kappa shape index (κ1) is 12.9. The minimum absolute atomic E-state index is 0.753. The lowest BCUT2D eigenvalue weighted by molar-refractivity contribution is 1.36. The Balaban J connectivity index is 2.09. The van der Waals surface area contributed by atoms with Crippen molar-refractivity contribution in [1.29, 1.82) is 0 Å². The number of hydrogen-bond acceptors (Lipinski definition) is 2. The van der Waals surface area contributed by atoms with E-state index < -0.39 is 0 Å². The molecule has 0 saturated heterocycles. The summed E-state index contributed by atoms with van der Waals surface area (Å²) in [7, 11) is 0. The zero-order chi connectivity index (χ0) is 14.1. The van der Waals surface area contributed by atoms with Crippen LogP contribution in [0.25, 0.3) is 10.9 Å². The highest BCUT2D eigenvalue weighted by Gasteiger charge is 2.05. The van der Waals surface area contributed by atoms with Crippen molar-refractivity contribution in [1.82, 2.24) is 4.98 Å². The van der Waals surface area contributed by atoms with Crippen LogP contribution in [0.15, 0.2) is 48.7 Å². The summed E-state index contributed by atoms with van der Waals surface area (Å²) < 4.78 is 0. The summed E-state index contributed by atoms with van der Waals surface area (Å²) in [6.45, 7) is 4.12. The van der Waals surface area contributed by atoms with E-state index in [9.17, 15) is 0 Å². The fourth-order valence-electron chi connectivity index (χ4n) is 2.35. The normalized spacial score (nSPS) is 10.8. The van der Waals surface area contributed by atoms with Gasteiger partial charge >= 0.3 is 0 Å². The number of aryl methyl sites for hydroxylation is 2. The number of anilines is 2. The number of rotatable bonds is 2. The van der Waals surface area contributed by atoms with Gasteiger partial charge in [0.1, 0.15) is 0 Å². The molecule has 0 unspecified atom stereocenters. The number of para-hydroxylation sites is 1. The fourth-order valence-corrected chi connectivity index (χ4v) is 2.57. The highest BCUT2D eigenvalue weighted by Crippen LogP contribution is 2.29. The molecule has 0 aliphatic rings. The molecule has 20 heavy (non-hydrogen) atoms. The van der Waals surface area contributed by atoms with Gasteiger partial charge in [0.25, 0.3) is 0 Å². The van der Waals surface area contributed by atoms with Crippen LogP contribution in [0.4, 0.5) is 11.4 Å². The van der Waals surface area contributed by atoms with Crippen LogP contribution >= 0.6 is 11.6 Å². The van der Waals surface area contributed by atoms with E-state index in [1.165, 1.54) is 5.56 Å². The van der Waals surface area contributed by atoms with Gasteiger partial charge in [-0.3, -0.25) is 4.98 Å². The standard InChI is InChI=1S/C17H15ClN2/c1-11-4-3-5-14-16(8-9-19-17(11)14)20-15-7-6-13(18)10-12(15)2/h3-10H,1-2H3,(H,19,20). The van der Waals surface area contributed by atoms with Gasteiger partial charge < -0.3 is 5.32 Å². The Morgan fingerprint density at radius 1 is 0.950 bits per heavy atom. The Kier molecular flexibility index (Phi) is 3.33. The molecule has 0 amide bonds. The van der Waals surface area contributed by atoms with Crippen LogP contribution in [-0.2, 0) is 0 Å². The summed E-state index contributed by atoms with van der Waals surface area (Å²) in [6, 6.07) is 14.1. The van der Waals surface area contributed by atoms with E-state index in [2.05, 4.69) is 35.4 Å². The molecule has 0 aliphatic carbocycles. The number of nitrogens with zero attached hydrogens (tertiary/aromatic N) is 1. The van der Waals surface area contributed by atoms with Crippen molar-refractivity contribution in [3.05, 3.63) is 64.8 Å². The van der Waals surface area contributed by atoms with Crippen LogP contribution < -0.4 is 5.32 Å². The van der Waals surface area contributed by atoms with Crippen LogP contribution in [0.1, 0.15) is 11.1 Å². The van der Waals surface area contributed by atoms with Crippen LogP contribution in [0, 0.1) is 13.8 Å². The first-order valence-corrected chi connectivity index (χ1v) is 6.90. The monoisotopic (exact) mass is 282 g/mol. The molecule has 1 N–H and O–H groups in total. The molecule has 0 fully saturated rings. The van der Waals surface area contributed by atoms with E-state index >= 15 is 0 Å². The van der Waals surface area contributed by atoms with Gasteiger partial charge in [0.05, 0.1) is 5.52 Å². The zero-order valence-electron chi connectivity index (χ0n) is 11.4. The molecule has 3 rings (SSSR count). The molecule has 100 valence electrons. The quantitative estimate of drug-likeness (QED) is 0.694. The first-order chi connectivity index (χ1) is 9.65. The smallest absolute Gasteiger partial charge is 0.0751 e. The summed E-state index contributed by atoms with van der Waals surface area (Å²) in [5.41, 5.74) is 5.45. The lowest BCUT2D eigenvalue weighted by atomic mass is 10.1. The summed E-state index contributed by atoms with van der Waals surface area (Å²) in [5.74, 6) is 0. The number of fused-ring (bicyclic) bond motifs is 1. The maximum absolute atomic E-state index is 6.00. The average Bonchev–Trinajstić information content (AvgIpc) is 2.43. The van der Waals surface area contributed by atoms with Gasteiger partial charge in [0, 0.05) is 28.0 Å². The molecule has 1 aromatic heterocycles. The lowest BCUT2D eigenvalue weighted by Gasteiger charge is -2.12. The molecule has 0 atom stereocenters. The Morgan fingerprint density at radius 3 is 2.60 bits per heavy atom. The largest absolute Gasteiger partial charge is 0.355 e. The van der Waals surface area contributed by atoms with Crippen LogP contribution in [0.3, 0.4) is 0 Å². The molecule has 0 aliphatic heterocycles. The van der Waals surface area contributed by atoms with E-state index in [1.807, 2.05) is 37.4 Å². The molecule has 1 heterocycles. The van der Waals surface area contributed by atoms with E-state index in [0.717, 1.165) is 32.9 Å². The Labute approximate surface area is 123 Å². The maximum Gasteiger partial charge on any atom is 0.0751 e. The van der Waals surface area contributed by atoms with E-state index in [4.69, 9.17) is 11.6 Å². The Morgan fingerprint density at radius 2 is 1.80 bits per heavy atom. The number of pyridine rings is 1. The van der Waals surface area contributed by atoms with Crippen molar-refractivity contribution in [2.24, 2.45) is 0 Å². The predicted octanol–water partition coefficient (Wildman–Crippen LogP) is 5.25. The van der Waals surface area contributed by atoms with Crippen molar-refractivity contribution in [2.75, 3.05) is 5.32 Å². The Hall–Kier alpha value is -2.06. The summed E-state index contributed by atoms with van der Waals surface area (Å²) in [4.78, 5) is 4.46. The lowest BCUT2D eigenvalue weighted by Crippen LogP contribution is -1.95. The van der Waals surface area contributed by atoms with Crippen LogP contribution in [0.2, 0.25) is 5.02 Å². The minimum atomic E-state index is 0.753. The second-order valence-electron chi connectivity index (χ2n) is 4.91. The molecule has 2 aromatic carbocycles. The average molecular weight is 283 g/mol. The third kappa shape index (κ3) is 2.35. The van der Waals surface area contributed by atoms with Gasteiger partial charge in [-0.15, -0.1) is 0 Å². The highest BCUT2D eigenvalue weighted by molar-refractivity contribution is 6.30. The minimum Gasteiger partial charge on any atom is -0.355 e. The Bertz CT molecular complexity index is 781. The molecule has 3 heteroatoms. The molecule has 3 aromatic rings. The second kappa shape index (κ2) is 5.14. The molecule has 2 nitrogen and oxygen atoms in total. The van der Waals surface area contributed by atoms with E-state index in [0.29, 0.717) is 0 Å². The zero-order valence-corrected chi connectivity index (χ0v) is 12.2. The van der Waals surface area contributed by atoms with Crippen LogP contribution in [0.5, 0.6) is 0 Å². The summed E-state index contributed by atoms with van der Waals surface area (Å²) in [6.07, 6.45) is 1.84. The fraction of sp³-hybridized carbons (Fsp3) is 0.118. The molecular weight excluding hydrogens is 268 g/mol. The summed E-state index contributed by atoms with van der Waals surface area (Å²) in [5, 5.41) is 5.35. The maximum atomic E-state index is 6.00. The van der Waals surface area contributed by atoms with Gasteiger partial charge in [0.2, 0.25) is 0 Å². The summed E-state index contributed by atoms with van der Waals surface area (Å²) >= 11 is 6.00. The van der Waals surface area contributed by atoms with Gasteiger partial charge in [-0.1, -0.05) is 29.8 Å². The molecule has 0 bridgehead atoms. The van der Waals surface area contributed by atoms with Gasteiger partial charge in [-0.2, -0.15) is 0 Å².